The summed E-state index contributed by atoms with van der Waals surface area (Å²) in [6.45, 7) is 17.1. The van der Waals surface area contributed by atoms with E-state index in [4.69, 9.17) is 10.5 Å². The maximum Gasteiger partial charge on any atom is 0.0599 e. The molecule has 4 nitrogen and oxygen atoms in total. The second-order valence-electron chi connectivity index (χ2n) is 9.11. The fourth-order valence-corrected chi connectivity index (χ4v) is 3.83. The molecule has 0 aromatic carbocycles. The van der Waals surface area contributed by atoms with Gasteiger partial charge in [-0.1, -0.05) is 0 Å². The zero-order valence-corrected chi connectivity index (χ0v) is 16.1. The summed E-state index contributed by atoms with van der Waals surface area (Å²) in [4.78, 5) is 5.18. The Bertz CT molecular complexity index is 348. The van der Waals surface area contributed by atoms with E-state index in [2.05, 4.69) is 44.4 Å². The van der Waals surface area contributed by atoms with Crippen LogP contribution in [0.3, 0.4) is 0 Å². The molecule has 2 fully saturated rings. The fourth-order valence-electron chi connectivity index (χ4n) is 3.83. The van der Waals surface area contributed by atoms with Crippen LogP contribution in [0.4, 0.5) is 0 Å². The third-order valence-electron chi connectivity index (χ3n) is 5.85. The molecule has 2 aliphatic heterocycles. The molecule has 0 amide bonds. The van der Waals surface area contributed by atoms with Crippen LogP contribution in [0.15, 0.2) is 0 Å². The highest BCUT2D eigenvalue weighted by Crippen LogP contribution is 2.25. The molecule has 0 atom stereocenters. The van der Waals surface area contributed by atoms with Gasteiger partial charge in [0.1, 0.15) is 0 Å². The van der Waals surface area contributed by atoms with E-state index < -0.39 is 0 Å². The molecule has 2 saturated heterocycles. The van der Waals surface area contributed by atoms with Crippen LogP contribution in [0.2, 0.25) is 0 Å². The highest BCUT2D eigenvalue weighted by molar-refractivity contribution is 4.87. The third-order valence-corrected chi connectivity index (χ3v) is 5.85. The van der Waals surface area contributed by atoms with Crippen molar-refractivity contribution in [2.24, 2.45) is 5.73 Å². The van der Waals surface area contributed by atoms with E-state index in [-0.39, 0.29) is 5.54 Å². The van der Waals surface area contributed by atoms with Gasteiger partial charge in [0.2, 0.25) is 0 Å². The number of likely N-dealkylation sites (tertiary alicyclic amines) is 2. The maximum absolute atomic E-state index is 6.21. The van der Waals surface area contributed by atoms with Gasteiger partial charge in [-0.3, -0.25) is 9.80 Å². The first-order valence-corrected chi connectivity index (χ1v) is 9.56. The highest BCUT2D eigenvalue weighted by Gasteiger charge is 2.31. The van der Waals surface area contributed by atoms with Gasteiger partial charge in [0, 0.05) is 49.9 Å². The Kier molecular flexibility index (Phi) is 6.51. The van der Waals surface area contributed by atoms with Crippen LogP contribution in [0.25, 0.3) is 0 Å². The summed E-state index contributed by atoms with van der Waals surface area (Å²) in [7, 11) is 0. The standard InChI is InChI=1S/C19H39N3O/c1-18(2,3)21-13-8-17(9-14-21)23-15-10-19(4,5)22-11-6-16(20)7-12-22/h16-17H,6-15,20H2,1-5H3. The van der Waals surface area contributed by atoms with Crippen molar-refractivity contribution in [3.8, 4) is 0 Å². The summed E-state index contributed by atoms with van der Waals surface area (Å²) < 4.78 is 6.21. The molecule has 2 heterocycles. The van der Waals surface area contributed by atoms with Gasteiger partial charge < -0.3 is 10.5 Å². The lowest BCUT2D eigenvalue weighted by Crippen LogP contribution is -2.51. The summed E-state index contributed by atoms with van der Waals surface area (Å²) in [5.41, 5.74) is 6.55. The molecule has 4 heteroatoms. The molecule has 0 aromatic rings. The van der Waals surface area contributed by atoms with Crippen molar-refractivity contribution in [2.75, 3.05) is 32.8 Å². The average Bonchev–Trinajstić information content (AvgIpc) is 2.47. The average molecular weight is 326 g/mol. The largest absolute Gasteiger partial charge is 0.378 e. The van der Waals surface area contributed by atoms with Crippen LogP contribution in [-0.2, 0) is 4.74 Å². The van der Waals surface area contributed by atoms with Crippen LogP contribution in [0.5, 0.6) is 0 Å². The summed E-state index contributed by atoms with van der Waals surface area (Å²) in [5, 5.41) is 0. The van der Waals surface area contributed by atoms with Crippen molar-refractivity contribution < 1.29 is 4.74 Å². The molecule has 0 bridgehead atoms. The SMILES string of the molecule is CC(C)(C)N1CCC(OCCC(C)(C)N2CCC(N)CC2)CC1. The van der Waals surface area contributed by atoms with Gasteiger partial charge in [-0.05, 0) is 66.7 Å². The van der Waals surface area contributed by atoms with E-state index in [0.717, 1.165) is 39.0 Å². The lowest BCUT2D eigenvalue weighted by Gasteiger charge is -2.43. The minimum atomic E-state index is 0.228. The minimum Gasteiger partial charge on any atom is -0.378 e. The molecule has 2 N–H and O–H groups in total. The molecule has 2 aliphatic rings. The van der Waals surface area contributed by atoms with E-state index in [1.165, 1.54) is 25.9 Å². The number of ether oxygens (including phenoxy) is 1. The number of hydrogen-bond acceptors (Lipinski definition) is 4. The zero-order valence-electron chi connectivity index (χ0n) is 16.1. The van der Waals surface area contributed by atoms with E-state index >= 15 is 0 Å². The summed E-state index contributed by atoms with van der Waals surface area (Å²) in [6.07, 6.45) is 6.19. The molecular weight excluding hydrogens is 286 g/mol. The summed E-state index contributed by atoms with van der Waals surface area (Å²) >= 11 is 0. The lowest BCUT2D eigenvalue weighted by atomic mass is 9.94. The van der Waals surface area contributed by atoms with Crippen molar-refractivity contribution in [3.05, 3.63) is 0 Å². The van der Waals surface area contributed by atoms with E-state index in [1.54, 1.807) is 0 Å². The first-order chi connectivity index (χ1) is 10.7. The van der Waals surface area contributed by atoms with Crippen LogP contribution >= 0.6 is 0 Å². The number of hydrogen-bond donors (Lipinski definition) is 1. The van der Waals surface area contributed by atoms with E-state index in [9.17, 15) is 0 Å². The van der Waals surface area contributed by atoms with Gasteiger partial charge >= 0.3 is 0 Å². The maximum atomic E-state index is 6.21. The molecule has 0 aromatic heterocycles. The monoisotopic (exact) mass is 325 g/mol. The predicted octanol–water partition coefficient (Wildman–Crippen LogP) is 2.86. The molecule has 0 saturated carbocycles. The van der Waals surface area contributed by atoms with Crippen LogP contribution < -0.4 is 5.73 Å². The fraction of sp³-hybridized carbons (Fsp3) is 1.00. The second kappa shape index (κ2) is 7.81. The molecular formula is C19H39N3O. The van der Waals surface area contributed by atoms with Crippen LogP contribution in [-0.4, -0.2) is 65.8 Å². The normalized spacial score (nSPS) is 24.3. The van der Waals surface area contributed by atoms with E-state index in [1.807, 2.05) is 0 Å². The molecule has 136 valence electrons. The van der Waals surface area contributed by atoms with Crippen molar-refractivity contribution in [2.45, 2.75) is 89.9 Å². The highest BCUT2D eigenvalue weighted by atomic mass is 16.5. The second-order valence-corrected chi connectivity index (χ2v) is 9.11. The molecule has 2 rings (SSSR count). The van der Waals surface area contributed by atoms with Gasteiger partial charge in [0.15, 0.2) is 0 Å². The summed E-state index contributed by atoms with van der Waals surface area (Å²) in [6, 6.07) is 0.409. The molecule has 0 spiro atoms. The minimum absolute atomic E-state index is 0.228. The van der Waals surface area contributed by atoms with E-state index in [0.29, 0.717) is 17.7 Å². The quantitative estimate of drug-likeness (QED) is 0.844. The molecule has 23 heavy (non-hydrogen) atoms. The van der Waals surface area contributed by atoms with Crippen LogP contribution in [0.1, 0.15) is 66.7 Å². The third kappa shape index (κ3) is 5.70. The van der Waals surface area contributed by atoms with Crippen molar-refractivity contribution in [1.82, 2.24) is 9.80 Å². The Balaban J connectivity index is 1.67. The number of nitrogens with two attached hydrogens (primary N) is 1. The number of piperidine rings is 2. The number of nitrogens with zero attached hydrogens (tertiary/aromatic N) is 2. The topological polar surface area (TPSA) is 41.7 Å². The van der Waals surface area contributed by atoms with Gasteiger partial charge in [-0.25, -0.2) is 0 Å². The lowest BCUT2D eigenvalue weighted by molar-refractivity contribution is -0.0291. The molecule has 0 unspecified atom stereocenters. The van der Waals surface area contributed by atoms with Crippen molar-refractivity contribution in [1.29, 1.82) is 0 Å². The van der Waals surface area contributed by atoms with Gasteiger partial charge in [0.25, 0.3) is 0 Å². The van der Waals surface area contributed by atoms with Gasteiger partial charge in [-0.15, -0.1) is 0 Å². The van der Waals surface area contributed by atoms with Crippen molar-refractivity contribution in [3.63, 3.8) is 0 Å². The Labute approximate surface area is 143 Å². The Hall–Kier alpha value is -0.160. The van der Waals surface area contributed by atoms with Crippen LogP contribution in [0, 0.1) is 0 Å². The number of rotatable bonds is 5. The van der Waals surface area contributed by atoms with Crippen molar-refractivity contribution >= 4 is 0 Å². The van der Waals surface area contributed by atoms with Gasteiger partial charge in [0.05, 0.1) is 6.10 Å². The Morgan fingerprint density at radius 2 is 1.39 bits per heavy atom. The smallest absolute Gasteiger partial charge is 0.0599 e. The summed E-state index contributed by atoms with van der Waals surface area (Å²) in [5.74, 6) is 0. The Morgan fingerprint density at radius 3 is 1.91 bits per heavy atom. The molecule has 0 radical (unpaired) electrons. The molecule has 0 aliphatic carbocycles. The first kappa shape index (κ1) is 19.2. The first-order valence-electron chi connectivity index (χ1n) is 9.56. The zero-order chi connectivity index (χ0) is 17.1. The Morgan fingerprint density at radius 1 is 0.870 bits per heavy atom. The van der Waals surface area contributed by atoms with Gasteiger partial charge in [-0.2, -0.15) is 0 Å². The predicted molar refractivity (Wildman–Crippen MR) is 97.8 cm³/mol.